The average molecular weight is 688 g/mol. The van der Waals surface area contributed by atoms with Crippen LogP contribution in [0.3, 0.4) is 0 Å². The summed E-state index contributed by atoms with van der Waals surface area (Å²) in [6, 6.07) is 16.8. The highest BCUT2D eigenvalue weighted by Gasteiger charge is 2.27. The minimum atomic E-state index is -0.706. The molecule has 8 nitrogen and oxygen atoms in total. The lowest BCUT2D eigenvalue weighted by molar-refractivity contribution is 0.0600. The zero-order valence-corrected chi connectivity index (χ0v) is 26.1. The molecule has 0 saturated carbocycles. The number of methoxy groups -OCH3 is 1. The summed E-state index contributed by atoms with van der Waals surface area (Å²) in [6.07, 6.45) is 4.62. The predicted octanol–water partition coefficient (Wildman–Crippen LogP) is 10.6. The average Bonchev–Trinajstić information content (AvgIpc) is 3.63. The number of hydrogen-bond acceptors (Lipinski definition) is 8. The Hall–Kier alpha value is -4.05. The van der Waals surface area contributed by atoms with Crippen molar-refractivity contribution in [3.05, 3.63) is 109 Å². The van der Waals surface area contributed by atoms with Gasteiger partial charge in [0.25, 0.3) is 0 Å². The van der Waals surface area contributed by atoms with E-state index in [2.05, 4.69) is 15.3 Å². The molecule has 0 aliphatic heterocycles. The molecule has 3 aromatic heterocycles. The van der Waals surface area contributed by atoms with E-state index < -0.39 is 5.97 Å². The Labute approximate surface area is 274 Å². The number of halogens is 5. The van der Waals surface area contributed by atoms with Crippen molar-refractivity contribution >= 4 is 87.1 Å². The third-order valence-corrected chi connectivity index (χ3v) is 7.95. The van der Waals surface area contributed by atoms with Crippen LogP contribution >= 0.6 is 58.0 Å². The van der Waals surface area contributed by atoms with Crippen LogP contribution in [0.1, 0.15) is 21.7 Å². The summed E-state index contributed by atoms with van der Waals surface area (Å²) >= 11 is 31.9. The number of benzene rings is 3. The molecule has 0 aliphatic carbocycles. The van der Waals surface area contributed by atoms with Gasteiger partial charge in [-0.25, -0.2) is 9.78 Å². The molecule has 3 aromatic carbocycles. The Morgan fingerprint density at radius 2 is 1.36 bits per heavy atom. The fourth-order valence-electron chi connectivity index (χ4n) is 4.42. The second-order valence-corrected chi connectivity index (χ2v) is 11.2. The lowest BCUT2D eigenvalue weighted by Crippen LogP contribution is -2.04. The Morgan fingerprint density at radius 3 is 1.98 bits per heavy atom. The molecule has 0 aliphatic rings. The smallest absolute Gasteiger partial charge is 0.344 e. The van der Waals surface area contributed by atoms with Gasteiger partial charge in [0.2, 0.25) is 5.88 Å². The molecule has 0 saturated heterocycles. The van der Waals surface area contributed by atoms with Gasteiger partial charge in [-0.15, -0.1) is 0 Å². The maximum Gasteiger partial charge on any atom is 0.344 e. The van der Waals surface area contributed by atoms with Gasteiger partial charge >= 0.3 is 5.97 Å². The number of fused-ring (bicyclic) bond motifs is 1. The highest BCUT2D eigenvalue weighted by Crippen LogP contribution is 2.43. The quantitative estimate of drug-likeness (QED) is 0.153. The lowest BCUT2D eigenvalue weighted by atomic mass is 10.0. The summed E-state index contributed by atoms with van der Waals surface area (Å²) in [5, 5.41) is 10.6. The summed E-state index contributed by atoms with van der Waals surface area (Å²) in [4.78, 5) is 17.4. The molecule has 0 atom stereocenters. The molecular weight excluding hydrogens is 672 g/mol. The zero-order valence-electron chi connectivity index (χ0n) is 22.3. The molecule has 3 heterocycles. The molecule has 220 valence electrons. The number of esters is 1. The van der Waals surface area contributed by atoms with Gasteiger partial charge in [-0.05, 0) is 60.7 Å². The van der Waals surface area contributed by atoms with Gasteiger partial charge in [0.1, 0.15) is 28.1 Å². The topological polar surface area (TPSA) is 100 Å². The molecule has 44 heavy (non-hydrogen) atoms. The Balaban J connectivity index is 1.50. The maximum absolute atomic E-state index is 12.9. The summed E-state index contributed by atoms with van der Waals surface area (Å²) in [5.74, 6) is 0.0184. The summed E-state index contributed by atoms with van der Waals surface area (Å²) in [7, 11) is 1.24. The van der Waals surface area contributed by atoms with Crippen molar-refractivity contribution in [1.82, 2.24) is 15.3 Å². The molecule has 6 rings (SSSR count). The Morgan fingerprint density at radius 1 is 0.773 bits per heavy atom. The van der Waals surface area contributed by atoms with Crippen molar-refractivity contribution in [1.29, 1.82) is 0 Å². The largest absolute Gasteiger partial charge is 0.465 e. The minimum Gasteiger partial charge on any atom is -0.465 e. The monoisotopic (exact) mass is 685 g/mol. The van der Waals surface area contributed by atoms with Crippen molar-refractivity contribution in [3.8, 4) is 34.1 Å². The predicted molar refractivity (Wildman–Crippen MR) is 171 cm³/mol. The first-order valence-electron chi connectivity index (χ1n) is 12.6. The molecule has 0 bridgehead atoms. The van der Waals surface area contributed by atoms with Crippen LogP contribution in [0, 0.1) is 0 Å². The minimum absolute atomic E-state index is 0.0201. The summed E-state index contributed by atoms with van der Waals surface area (Å²) < 4.78 is 22.5. The van der Waals surface area contributed by atoms with E-state index in [9.17, 15) is 4.79 Å². The van der Waals surface area contributed by atoms with Gasteiger partial charge < -0.3 is 18.5 Å². The lowest BCUT2D eigenvalue weighted by Gasteiger charge is -2.09. The van der Waals surface area contributed by atoms with E-state index >= 15 is 0 Å². The second-order valence-electron chi connectivity index (χ2n) is 9.10. The Kier molecular flexibility index (Phi) is 8.53. The van der Waals surface area contributed by atoms with Crippen LogP contribution in [-0.4, -0.2) is 28.4 Å². The van der Waals surface area contributed by atoms with Crippen LogP contribution in [0.2, 0.25) is 25.1 Å². The molecule has 0 spiro atoms. The van der Waals surface area contributed by atoms with Crippen LogP contribution in [0.15, 0.2) is 75.9 Å². The van der Waals surface area contributed by atoms with E-state index in [-0.39, 0.29) is 32.9 Å². The first-order chi connectivity index (χ1) is 21.3. The third-order valence-electron chi connectivity index (χ3n) is 6.44. The van der Waals surface area contributed by atoms with Crippen molar-refractivity contribution < 1.29 is 23.3 Å². The van der Waals surface area contributed by atoms with E-state index in [0.717, 1.165) is 0 Å². The van der Waals surface area contributed by atoms with Crippen LogP contribution in [0.5, 0.6) is 11.6 Å². The Bertz CT molecular complexity index is 2030. The SMILES string of the molecule is COC(=O)c1c(-c2c(Cl)cccc2Cl)noc1/C=C/c1cnc(Oc2ccc(Cl)cc2)c2c(-c3c(Cl)cccc3Cl)noc12. The first kappa shape index (κ1) is 30.0. The number of carbonyl (C=O) groups excluding carboxylic acids is 1. The zero-order chi connectivity index (χ0) is 31.0. The summed E-state index contributed by atoms with van der Waals surface area (Å²) in [5.41, 5.74) is 1.96. The number of pyridine rings is 1. The van der Waals surface area contributed by atoms with Crippen LogP contribution in [0.4, 0.5) is 0 Å². The first-order valence-corrected chi connectivity index (χ1v) is 14.5. The van der Waals surface area contributed by atoms with Crippen molar-refractivity contribution in [2.75, 3.05) is 7.11 Å². The standard InChI is InChI=1S/C31H16Cl5N3O5/c1-41-31(40)25-22(43-38-27(25)23-18(33)4-2-5-19(23)34)13-8-15-14-37-30(42-17-11-9-16(32)10-12-17)26-28(39-44-29(15)26)24-20(35)6-3-7-21(24)36/h2-14H,1H3/b13-8+. The maximum atomic E-state index is 12.9. The van der Waals surface area contributed by atoms with Crippen LogP contribution in [0.25, 0.3) is 45.6 Å². The number of nitrogens with zero attached hydrogens (tertiary/aromatic N) is 3. The number of ether oxygens (including phenoxy) is 2. The number of hydrogen-bond donors (Lipinski definition) is 0. The van der Waals surface area contributed by atoms with Gasteiger partial charge in [0, 0.05) is 27.9 Å². The molecule has 13 heteroatoms. The molecule has 0 unspecified atom stereocenters. The van der Waals surface area contributed by atoms with E-state index in [4.69, 9.17) is 76.5 Å². The van der Waals surface area contributed by atoms with Crippen molar-refractivity contribution in [2.45, 2.75) is 0 Å². The molecule has 0 amide bonds. The summed E-state index contributed by atoms with van der Waals surface area (Å²) in [6.45, 7) is 0. The molecule has 6 aromatic rings. The normalized spacial score (nSPS) is 11.4. The number of carbonyl (C=O) groups is 1. The van der Waals surface area contributed by atoms with E-state index in [1.54, 1.807) is 66.7 Å². The van der Waals surface area contributed by atoms with Crippen molar-refractivity contribution in [2.24, 2.45) is 0 Å². The second kappa shape index (κ2) is 12.5. The third kappa shape index (κ3) is 5.63. The number of rotatable bonds is 7. The van der Waals surface area contributed by atoms with Gasteiger partial charge in [-0.3, -0.25) is 0 Å². The van der Waals surface area contributed by atoms with Gasteiger partial charge in [-0.2, -0.15) is 0 Å². The highest BCUT2D eigenvalue weighted by molar-refractivity contribution is 6.40. The van der Waals surface area contributed by atoms with Crippen LogP contribution < -0.4 is 4.74 Å². The van der Waals surface area contributed by atoms with E-state index in [0.29, 0.717) is 54.2 Å². The van der Waals surface area contributed by atoms with Crippen molar-refractivity contribution in [3.63, 3.8) is 0 Å². The van der Waals surface area contributed by atoms with Gasteiger partial charge in [0.05, 0.1) is 27.2 Å². The number of aromatic nitrogens is 3. The fraction of sp³-hybridized carbons (Fsp3) is 0.0323. The van der Waals surface area contributed by atoms with Gasteiger partial charge in [-0.1, -0.05) is 80.5 Å². The molecular formula is C31H16Cl5N3O5. The van der Waals surface area contributed by atoms with E-state index in [1.807, 2.05) is 0 Å². The van der Waals surface area contributed by atoms with Crippen LogP contribution in [-0.2, 0) is 4.74 Å². The molecule has 0 radical (unpaired) electrons. The highest BCUT2D eigenvalue weighted by atomic mass is 35.5. The molecule has 0 N–H and O–H groups in total. The molecule has 0 fully saturated rings. The van der Waals surface area contributed by atoms with E-state index in [1.165, 1.54) is 19.4 Å². The van der Waals surface area contributed by atoms with Gasteiger partial charge in [0.15, 0.2) is 11.3 Å². The fourth-order valence-corrected chi connectivity index (χ4v) is 5.70.